The molecule has 8 heteroatoms. The molecule has 6 nitrogen and oxygen atoms in total. The molecule has 1 heterocycles. The van der Waals surface area contributed by atoms with E-state index in [0.29, 0.717) is 12.8 Å². The van der Waals surface area contributed by atoms with Gasteiger partial charge in [0.2, 0.25) is 0 Å². The molecular weight excluding hydrogens is 276 g/mol. The third-order valence-electron chi connectivity index (χ3n) is 2.21. The van der Waals surface area contributed by atoms with E-state index in [1.54, 1.807) is 6.92 Å². The first-order valence-electron chi connectivity index (χ1n) is 5.58. The van der Waals surface area contributed by atoms with E-state index in [1.165, 1.54) is 6.20 Å². The van der Waals surface area contributed by atoms with Gasteiger partial charge >= 0.3 is 5.97 Å². The van der Waals surface area contributed by atoms with Gasteiger partial charge < -0.3 is 5.11 Å². The number of carboxylic acid groups (broad SMARTS) is 1. The normalized spacial score (nSPS) is 11.9. The van der Waals surface area contributed by atoms with Crippen molar-refractivity contribution >= 4 is 27.3 Å². The molecule has 1 aromatic rings. The number of hydrogen-bond acceptors (Lipinski definition) is 5. The minimum Gasteiger partial charge on any atom is -0.480 e. The van der Waals surface area contributed by atoms with Gasteiger partial charge in [0.15, 0.2) is 4.21 Å². The van der Waals surface area contributed by atoms with E-state index in [4.69, 9.17) is 5.11 Å². The van der Waals surface area contributed by atoms with Crippen LogP contribution in [0.3, 0.4) is 0 Å². The molecule has 0 bridgehead atoms. The van der Waals surface area contributed by atoms with E-state index >= 15 is 0 Å². The van der Waals surface area contributed by atoms with Gasteiger partial charge in [-0.1, -0.05) is 13.8 Å². The van der Waals surface area contributed by atoms with E-state index in [2.05, 4.69) is 4.98 Å². The van der Waals surface area contributed by atoms with E-state index in [0.717, 1.165) is 20.6 Å². The topological polar surface area (TPSA) is 87.6 Å². The Morgan fingerprint density at radius 1 is 1.50 bits per heavy atom. The first-order valence-corrected chi connectivity index (χ1v) is 7.84. The molecule has 102 valence electrons. The molecule has 0 aliphatic heterocycles. The summed E-state index contributed by atoms with van der Waals surface area (Å²) in [7, 11) is -3.74. The maximum atomic E-state index is 12.2. The SMILES string of the molecule is CCCN(CC(=O)O)S(=O)(=O)c1cnc(CC)s1. The van der Waals surface area contributed by atoms with Gasteiger partial charge in [-0.3, -0.25) is 4.79 Å². The Labute approximate surface area is 110 Å². The standard InChI is InChI=1S/C10H16N2O4S2/c1-3-5-12(7-9(13)14)18(15,16)10-6-11-8(4-2)17-10/h6H,3-5,7H2,1-2H3,(H,13,14). The van der Waals surface area contributed by atoms with Gasteiger partial charge in [-0.05, 0) is 12.8 Å². The number of aryl methyl sites for hydroxylation is 1. The molecular formula is C10H16N2O4S2. The highest BCUT2D eigenvalue weighted by Crippen LogP contribution is 2.23. The molecule has 1 rings (SSSR count). The van der Waals surface area contributed by atoms with Crippen LogP contribution < -0.4 is 0 Å². The van der Waals surface area contributed by atoms with E-state index in [-0.39, 0.29) is 10.8 Å². The number of aliphatic carboxylic acids is 1. The Morgan fingerprint density at radius 3 is 2.61 bits per heavy atom. The zero-order valence-electron chi connectivity index (χ0n) is 10.3. The fraction of sp³-hybridized carbons (Fsp3) is 0.600. The van der Waals surface area contributed by atoms with Gasteiger partial charge in [-0.15, -0.1) is 11.3 Å². The molecule has 0 radical (unpaired) electrons. The summed E-state index contributed by atoms with van der Waals surface area (Å²) in [5, 5.41) is 9.48. The Bertz CT molecular complexity index is 510. The number of nitrogens with zero attached hydrogens (tertiary/aromatic N) is 2. The summed E-state index contributed by atoms with van der Waals surface area (Å²) in [6.45, 7) is 3.36. The Morgan fingerprint density at radius 2 is 2.17 bits per heavy atom. The average molecular weight is 292 g/mol. The molecule has 0 atom stereocenters. The minimum atomic E-state index is -3.74. The van der Waals surface area contributed by atoms with Crippen LogP contribution >= 0.6 is 11.3 Å². The Kier molecular flexibility index (Phi) is 5.24. The van der Waals surface area contributed by atoms with Crippen molar-refractivity contribution < 1.29 is 18.3 Å². The maximum absolute atomic E-state index is 12.2. The molecule has 0 saturated carbocycles. The third kappa shape index (κ3) is 3.50. The number of carboxylic acids is 1. The van der Waals surface area contributed by atoms with Gasteiger partial charge in [0.25, 0.3) is 10.0 Å². The second kappa shape index (κ2) is 6.26. The Balaban J connectivity index is 3.03. The summed E-state index contributed by atoms with van der Waals surface area (Å²) in [6.07, 6.45) is 2.52. The van der Waals surface area contributed by atoms with Crippen LogP contribution in [0.4, 0.5) is 0 Å². The molecule has 0 amide bonds. The number of sulfonamides is 1. The zero-order chi connectivity index (χ0) is 13.8. The highest BCUT2D eigenvalue weighted by molar-refractivity contribution is 7.91. The monoisotopic (exact) mass is 292 g/mol. The van der Waals surface area contributed by atoms with Crippen molar-refractivity contribution in [2.45, 2.75) is 30.9 Å². The number of hydrogen-bond donors (Lipinski definition) is 1. The molecule has 1 aromatic heterocycles. The molecule has 0 saturated heterocycles. The fourth-order valence-corrected chi connectivity index (χ4v) is 4.15. The first-order chi connectivity index (χ1) is 8.41. The predicted molar refractivity (Wildman–Crippen MR) is 68.2 cm³/mol. The van der Waals surface area contributed by atoms with Gasteiger partial charge in [-0.25, -0.2) is 13.4 Å². The van der Waals surface area contributed by atoms with Crippen LogP contribution in [0.1, 0.15) is 25.3 Å². The van der Waals surface area contributed by atoms with Crippen molar-refractivity contribution in [3.63, 3.8) is 0 Å². The summed E-state index contributed by atoms with van der Waals surface area (Å²) in [5.74, 6) is -1.16. The molecule has 0 aromatic carbocycles. The van der Waals surface area contributed by atoms with Crippen LogP contribution in [-0.4, -0.2) is 41.9 Å². The van der Waals surface area contributed by atoms with Crippen molar-refractivity contribution in [1.82, 2.24) is 9.29 Å². The van der Waals surface area contributed by atoms with Crippen molar-refractivity contribution in [3.05, 3.63) is 11.2 Å². The van der Waals surface area contributed by atoms with Crippen LogP contribution in [0, 0.1) is 0 Å². The summed E-state index contributed by atoms with van der Waals surface area (Å²) in [4.78, 5) is 14.7. The average Bonchev–Trinajstić information content (AvgIpc) is 2.77. The summed E-state index contributed by atoms with van der Waals surface area (Å²) < 4.78 is 25.5. The van der Waals surface area contributed by atoms with Crippen LogP contribution in [0.15, 0.2) is 10.4 Å². The van der Waals surface area contributed by atoms with Crippen LogP contribution in [0.25, 0.3) is 0 Å². The van der Waals surface area contributed by atoms with Crippen molar-refractivity contribution in [2.75, 3.05) is 13.1 Å². The van der Waals surface area contributed by atoms with Crippen molar-refractivity contribution in [3.8, 4) is 0 Å². The molecule has 0 spiro atoms. The van der Waals surface area contributed by atoms with Gasteiger partial charge in [-0.2, -0.15) is 4.31 Å². The van der Waals surface area contributed by atoms with Crippen molar-refractivity contribution in [1.29, 1.82) is 0 Å². The zero-order valence-corrected chi connectivity index (χ0v) is 11.9. The number of thiazole rings is 1. The smallest absolute Gasteiger partial charge is 0.318 e. The lowest BCUT2D eigenvalue weighted by Gasteiger charge is -2.17. The molecule has 0 unspecified atom stereocenters. The maximum Gasteiger partial charge on any atom is 0.318 e. The van der Waals surface area contributed by atoms with E-state index < -0.39 is 22.5 Å². The summed E-state index contributed by atoms with van der Waals surface area (Å²) >= 11 is 1.09. The largest absolute Gasteiger partial charge is 0.480 e. The van der Waals surface area contributed by atoms with Crippen molar-refractivity contribution in [2.24, 2.45) is 0 Å². The number of aromatic nitrogens is 1. The molecule has 0 fully saturated rings. The predicted octanol–water partition coefficient (Wildman–Crippen LogP) is 1.19. The molecule has 18 heavy (non-hydrogen) atoms. The fourth-order valence-electron chi connectivity index (χ4n) is 1.39. The van der Waals surface area contributed by atoms with E-state index in [1.807, 2.05) is 6.92 Å². The lowest BCUT2D eigenvalue weighted by atomic mass is 10.5. The quantitative estimate of drug-likeness (QED) is 0.815. The van der Waals surface area contributed by atoms with Gasteiger partial charge in [0, 0.05) is 6.54 Å². The number of carbonyl (C=O) groups is 1. The first kappa shape index (κ1) is 15.1. The highest BCUT2D eigenvalue weighted by Gasteiger charge is 2.27. The van der Waals surface area contributed by atoms with Gasteiger partial charge in [0.05, 0.1) is 11.2 Å². The third-order valence-corrected chi connectivity index (χ3v) is 5.64. The molecule has 1 N–H and O–H groups in total. The van der Waals surface area contributed by atoms with E-state index in [9.17, 15) is 13.2 Å². The van der Waals surface area contributed by atoms with Crippen LogP contribution in [0.5, 0.6) is 0 Å². The highest BCUT2D eigenvalue weighted by atomic mass is 32.2. The lowest BCUT2D eigenvalue weighted by molar-refractivity contribution is -0.137. The van der Waals surface area contributed by atoms with Gasteiger partial charge in [0.1, 0.15) is 6.54 Å². The lowest BCUT2D eigenvalue weighted by Crippen LogP contribution is -2.35. The minimum absolute atomic E-state index is 0.106. The second-order valence-corrected chi connectivity index (χ2v) is 6.94. The Hall–Kier alpha value is -0.990. The second-order valence-electron chi connectivity index (χ2n) is 3.66. The summed E-state index contributed by atoms with van der Waals surface area (Å²) in [6, 6.07) is 0. The van der Waals surface area contributed by atoms with Crippen LogP contribution in [-0.2, 0) is 21.2 Å². The summed E-state index contributed by atoms with van der Waals surface area (Å²) in [5.41, 5.74) is 0. The number of rotatable bonds is 7. The molecule has 0 aliphatic rings. The molecule has 0 aliphatic carbocycles. The van der Waals surface area contributed by atoms with Crippen LogP contribution in [0.2, 0.25) is 0 Å².